The molecule has 2 amide bonds. The van der Waals surface area contributed by atoms with Gasteiger partial charge in [0.25, 0.3) is 11.8 Å². The Labute approximate surface area is 184 Å². The molecule has 2 heterocycles. The van der Waals surface area contributed by atoms with E-state index < -0.39 is 0 Å². The van der Waals surface area contributed by atoms with Crippen LogP contribution in [0.4, 0.5) is 17.1 Å². The van der Waals surface area contributed by atoms with Crippen LogP contribution in [0.1, 0.15) is 32.0 Å². The molecule has 4 aromatic rings. The summed E-state index contributed by atoms with van der Waals surface area (Å²) in [5.74, 6) is 0.0809. The van der Waals surface area contributed by atoms with Gasteiger partial charge >= 0.3 is 0 Å². The molecule has 0 bridgehead atoms. The molecule has 1 aliphatic heterocycles. The van der Waals surface area contributed by atoms with Gasteiger partial charge in [0.1, 0.15) is 5.76 Å². The first-order valence-corrected chi connectivity index (χ1v) is 10.2. The standard InChI is InChI=1S/C25H20N4O3/c30-24(27-14-19-13-26-16-32-19)18-10-11-23-21(12-18)28-25(31)20-8-4-5-9-22(20)29(23)15-17-6-2-1-3-7-17/h1-13,16H,14-15H2,(H,27,30)(H,28,31). The zero-order valence-corrected chi connectivity index (χ0v) is 17.1. The molecule has 0 fully saturated rings. The first-order valence-electron chi connectivity index (χ1n) is 10.2. The van der Waals surface area contributed by atoms with Crippen LogP contribution >= 0.6 is 0 Å². The summed E-state index contributed by atoms with van der Waals surface area (Å²) in [6.07, 6.45) is 2.87. The van der Waals surface area contributed by atoms with Crippen molar-refractivity contribution in [2.45, 2.75) is 13.1 Å². The van der Waals surface area contributed by atoms with Gasteiger partial charge in [-0.25, -0.2) is 4.98 Å². The largest absolute Gasteiger partial charge is 0.447 e. The van der Waals surface area contributed by atoms with Crippen LogP contribution in [0.25, 0.3) is 0 Å². The van der Waals surface area contributed by atoms with Crippen molar-refractivity contribution in [2.24, 2.45) is 0 Å². The molecular formula is C25H20N4O3. The fourth-order valence-corrected chi connectivity index (χ4v) is 3.77. The second-order valence-corrected chi connectivity index (χ2v) is 7.43. The molecule has 0 spiro atoms. The molecule has 32 heavy (non-hydrogen) atoms. The Morgan fingerprint density at radius 1 is 1.00 bits per heavy atom. The van der Waals surface area contributed by atoms with E-state index in [2.05, 4.69) is 20.5 Å². The van der Waals surface area contributed by atoms with E-state index in [9.17, 15) is 9.59 Å². The number of fused-ring (bicyclic) bond motifs is 2. The molecule has 3 aromatic carbocycles. The Bertz CT molecular complexity index is 1270. The normalized spacial score (nSPS) is 12.4. The molecule has 0 atom stereocenters. The van der Waals surface area contributed by atoms with Crippen LogP contribution in [0.3, 0.4) is 0 Å². The highest BCUT2D eigenvalue weighted by Crippen LogP contribution is 2.39. The summed E-state index contributed by atoms with van der Waals surface area (Å²) < 4.78 is 5.16. The first kappa shape index (κ1) is 19.6. The Hall–Kier alpha value is -4.39. The van der Waals surface area contributed by atoms with Gasteiger partial charge in [-0.2, -0.15) is 0 Å². The molecule has 1 aromatic heterocycles. The third-order valence-corrected chi connectivity index (χ3v) is 5.33. The highest BCUT2D eigenvalue weighted by Gasteiger charge is 2.26. The minimum atomic E-state index is -0.269. The van der Waals surface area contributed by atoms with E-state index >= 15 is 0 Å². The van der Waals surface area contributed by atoms with Crippen molar-refractivity contribution in [3.63, 3.8) is 0 Å². The highest BCUT2D eigenvalue weighted by molar-refractivity contribution is 6.13. The van der Waals surface area contributed by atoms with E-state index in [1.165, 1.54) is 6.39 Å². The number of carbonyl (C=O) groups is 2. The van der Waals surface area contributed by atoms with Crippen molar-refractivity contribution in [2.75, 3.05) is 10.2 Å². The van der Waals surface area contributed by atoms with Gasteiger partial charge in [-0.15, -0.1) is 0 Å². The van der Waals surface area contributed by atoms with Crippen LogP contribution in [0.2, 0.25) is 0 Å². The Kier molecular flexibility index (Phi) is 5.13. The third kappa shape index (κ3) is 3.83. The minimum absolute atomic E-state index is 0.211. The van der Waals surface area contributed by atoms with Crippen LogP contribution in [-0.4, -0.2) is 16.8 Å². The molecular weight excluding hydrogens is 404 g/mol. The predicted octanol–water partition coefficient (Wildman–Crippen LogP) is 4.51. The molecule has 0 aliphatic carbocycles. The molecule has 7 nitrogen and oxygen atoms in total. The maximum Gasteiger partial charge on any atom is 0.257 e. The predicted molar refractivity (Wildman–Crippen MR) is 121 cm³/mol. The number of benzene rings is 3. The van der Waals surface area contributed by atoms with Crippen LogP contribution in [0, 0.1) is 0 Å². The monoisotopic (exact) mass is 424 g/mol. The Balaban J connectivity index is 1.50. The van der Waals surface area contributed by atoms with E-state index in [0.29, 0.717) is 29.1 Å². The summed E-state index contributed by atoms with van der Waals surface area (Å²) in [6, 6.07) is 22.9. The van der Waals surface area contributed by atoms with Gasteiger partial charge in [0.15, 0.2) is 6.39 Å². The number of anilines is 3. The molecule has 5 rings (SSSR count). The lowest BCUT2D eigenvalue weighted by Crippen LogP contribution is -2.23. The number of carbonyl (C=O) groups excluding carboxylic acids is 2. The first-order chi connectivity index (χ1) is 15.7. The minimum Gasteiger partial charge on any atom is -0.447 e. The van der Waals surface area contributed by atoms with Crippen molar-refractivity contribution >= 4 is 28.9 Å². The second kappa shape index (κ2) is 8.39. The summed E-state index contributed by atoms with van der Waals surface area (Å²) in [5, 5.41) is 5.77. The zero-order chi connectivity index (χ0) is 21.9. The van der Waals surface area contributed by atoms with Crippen LogP contribution < -0.4 is 15.5 Å². The van der Waals surface area contributed by atoms with Gasteiger partial charge in [-0.05, 0) is 35.9 Å². The number of hydrogen-bond donors (Lipinski definition) is 2. The molecule has 2 N–H and O–H groups in total. The number of oxazole rings is 1. The van der Waals surface area contributed by atoms with Crippen molar-refractivity contribution in [1.29, 1.82) is 0 Å². The summed E-state index contributed by atoms with van der Waals surface area (Å²) in [7, 11) is 0. The lowest BCUT2D eigenvalue weighted by molar-refractivity contribution is 0.0947. The highest BCUT2D eigenvalue weighted by atomic mass is 16.3. The number of nitrogens with one attached hydrogen (secondary N) is 2. The molecule has 158 valence electrons. The van der Waals surface area contributed by atoms with E-state index in [0.717, 1.165) is 16.9 Å². The lowest BCUT2D eigenvalue weighted by Gasteiger charge is -2.26. The number of para-hydroxylation sites is 1. The zero-order valence-electron chi connectivity index (χ0n) is 17.1. The molecule has 7 heteroatoms. The smallest absolute Gasteiger partial charge is 0.257 e. The van der Waals surface area contributed by atoms with Gasteiger partial charge in [0.2, 0.25) is 0 Å². The van der Waals surface area contributed by atoms with Crippen LogP contribution in [0.15, 0.2) is 89.8 Å². The summed E-state index contributed by atoms with van der Waals surface area (Å²) in [4.78, 5) is 31.6. The van der Waals surface area contributed by atoms with Gasteiger partial charge in [-0.3, -0.25) is 9.59 Å². The molecule has 0 saturated heterocycles. The summed E-state index contributed by atoms with van der Waals surface area (Å²) >= 11 is 0. The molecule has 0 unspecified atom stereocenters. The van der Waals surface area contributed by atoms with E-state index in [1.807, 2.05) is 54.6 Å². The quantitative estimate of drug-likeness (QED) is 0.492. The third-order valence-electron chi connectivity index (χ3n) is 5.33. The average Bonchev–Trinajstić information content (AvgIpc) is 3.32. The number of rotatable bonds is 5. The number of aromatic nitrogens is 1. The van der Waals surface area contributed by atoms with Crippen LogP contribution in [0.5, 0.6) is 0 Å². The van der Waals surface area contributed by atoms with Crippen molar-refractivity contribution in [3.8, 4) is 0 Å². The topological polar surface area (TPSA) is 87.5 Å². The van der Waals surface area contributed by atoms with Gasteiger partial charge in [0.05, 0.1) is 35.4 Å². The number of nitrogens with zero attached hydrogens (tertiary/aromatic N) is 2. The number of amides is 2. The Morgan fingerprint density at radius 3 is 2.62 bits per heavy atom. The van der Waals surface area contributed by atoms with Gasteiger partial charge in [0, 0.05) is 12.1 Å². The van der Waals surface area contributed by atoms with E-state index in [1.54, 1.807) is 24.4 Å². The fraction of sp³-hybridized carbons (Fsp3) is 0.0800. The van der Waals surface area contributed by atoms with E-state index in [-0.39, 0.29) is 18.4 Å². The molecule has 0 radical (unpaired) electrons. The maximum atomic E-state index is 13.0. The SMILES string of the molecule is O=C(NCc1cnco1)c1ccc2c(c1)NC(=O)c1ccccc1N2Cc1ccccc1. The van der Waals surface area contributed by atoms with Crippen molar-refractivity contribution in [3.05, 3.63) is 108 Å². The average molecular weight is 424 g/mol. The maximum absolute atomic E-state index is 13.0. The van der Waals surface area contributed by atoms with Crippen LogP contribution in [-0.2, 0) is 13.1 Å². The summed E-state index contributed by atoms with van der Waals surface area (Å²) in [6.45, 7) is 0.810. The lowest BCUT2D eigenvalue weighted by atomic mass is 10.1. The van der Waals surface area contributed by atoms with Gasteiger partial charge in [-0.1, -0.05) is 42.5 Å². The number of hydrogen-bond acceptors (Lipinski definition) is 5. The van der Waals surface area contributed by atoms with E-state index in [4.69, 9.17) is 4.42 Å². The molecule has 0 saturated carbocycles. The van der Waals surface area contributed by atoms with Crippen molar-refractivity contribution < 1.29 is 14.0 Å². The van der Waals surface area contributed by atoms with Gasteiger partial charge < -0.3 is 20.0 Å². The second-order valence-electron chi connectivity index (χ2n) is 7.43. The fourth-order valence-electron chi connectivity index (χ4n) is 3.77. The Morgan fingerprint density at radius 2 is 1.81 bits per heavy atom. The summed E-state index contributed by atoms with van der Waals surface area (Å²) in [5.41, 5.74) is 4.34. The van der Waals surface area contributed by atoms with Crippen molar-refractivity contribution in [1.82, 2.24) is 10.3 Å². The molecule has 1 aliphatic rings.